The molecule has 0 atom stereocenters. The number of hydrogen-bond acceptors (Lipinski definition) is 2. The average molecular weight is 331 g/mol. The third-order valence-corrected chi connectivity index (χ3v) is 4.99. The molecule has 0 saturated heterocycles. The van der Waals surface area contributed by atoms with Crippen LogP contribution < -0.4 is 4.74 Å². The maximum atomic E-state index is 12.8. The van der Waals surface area contributed by atoms with E-state index >= 15 is 0 Å². The second kappa shape index (κ2) is 6.25. The number of ether oxygens (including phenoxy) is 1. The minimum atomic E-state index is 0.247. The molecule has 0 saturated carbocycles. The van der Waals surface area contributed by atoms with E-state index in [1.165, 1.54) is 0 Å². The van der Waals surface area contributed by atoms with Crippen molar-refractivity contribution in [2.75, 3.05) is 7.11 Å². The first kappa shape index (κ1) is 15.7. The number of para-hydroxylation sites is 2. The molecule has 126 valence electrons. The van der Waals surface area contributed by atoms with Gasteiger partial charge in [-0.05, 0) is 37.5 Å². The number of nitrogens with zero attached hydrogens (tertiary/aromatic N) is 1. The summed E-state index contributed by atoms with van der Waals surface area (Å²) in [5.41, 5.74) is 6.25. The summed E-state index contributed by atoms with van der Waals surface area (Å²) in [5.74, 6) is 1.07. The molecule has 0 amide bonds. The van der Waals surface area contributed by atoms with E-state index in [0.717, 1.165) is 52.4 Å². The van der Waals surface area contributed by atoms with E-state index in [4.69, 9.17) is 4.74 Å². The van der Waals surface area contributed by atoms with Crippen LogP contribution in [0, 0.1) is 6.92 Å². The smallest absolute Gasteiger partial charge is 0.165 e. The molecule has 0 spiro atoms. The number of Topliss-reactive ketones (excluding diaryl/α,β-unsaturated/α-hetero) is 1. The van der Waals surface area contributed by atoms with Crippen molar-refractivity contribution in [3.05, 3.63) is 71.5 Å². The van der Waals surface area contributed by atoms with Gasteiger partial charge >= 0.3 is 0 Å². The number of carbonyl (C=O) groups is 1. The summed E-state index contributed by atoms with van der Waals surface area (Å²) in [5, 5.41) is 0. The number of rotatable bonds is 3. The fourth-order valence-corrected chi connectivity index (χ4v) is 3.93. The molecular weight excluding hydrogens is 310 g/mol. The van der Waals surface area contributed by atoms with Crippen LogP contribution in [-0.4, -0.2) is 17.5 Å². The van der Waals surface area contributed by atoms with Crippen molar-refractivity contribution in [2.24, 2.45) is 0 Å². The van der Waals surface area contributed by atoms with Crippen LogP contribution in [-0.2, 0) is 6.42 Å². The molecule has 0 N–H and O–H groups in total. The van der Waals surface area contributed by atoms with Crippen molar-refractivity contribution in [3.8, 4) is 22.6 Å². The van der Waals surface area contributed by atoms with E-state index in [-0.39, 0.29) is 5.78 Å². The van der Waals surface area contributed by atoms with E-state index < -0.39 is 0 Å². The lowest BCUT2D eigenvalue weighted by Crippen LogP contribution is -2.13. The summed E-state index contributed by atoms with van der Waals surface area (Å²) in [7, 11) is 1.69. The lowest BCUT2D eigenvalue weighted by atomic mass is 9.90. The Bertz CT molecular complexity index is 938. The molecule has 0 fully saturated rings. The Morgan fingerprint density at radius 1 is 0.920 bits per heavy atom. The third kappa shape index (κ3) is 2.47. The lowest BCUT2D eigenvalue weighted by Gasteiger charge is -2.17. The Morgan fingerprint density at radius 2 is 1.64 bits per heavy atom. The summed E-state index contributed by atoms with van der Waals surface area (Å²) in [6, 6.07) is 18.2. The Balaban J connectivity index is 2.05. The number of methoxy groups -OCH3 is 1. The van der Waals surface area contributed by atoms with Gasteiger partial charge < -0.3 is 9.30 Å². The van der Waals surface area contributed by atoms with E-state index in [0.29, 0.717) is 6.42 Å². The highest BCUT2D eigenvalue weighted by Crippen LogP contribution is 2.40. The largest absolute Gasteiger partial charge is 0.495 e. The fourth-order valence-electron chi connectivity index (χ4n) is 3.93. The molecular formula is C22H21NO2. The molecule has 3 nitrogen and oxygen atoms in total. The highest BCUT2D eigenvalue weighted by molar-refractivity contribution is 6.05. The van der Waals surface area contributed by atoms with Crippen LogP contribution in [0.4, 0.5) is 0 Å². The third-order valence-electron chi connectivity index (χ3n) is 4.99. The van der Waals surface area contributed by atoms with Gasteiger partial charge in [0.25, 0.3) is 0 Å². The Kier molecular flexibility index (Phi) is 3.92. The van der Waals surface area contributed by atoms with Gasteiger partial charge in [0.2, 0.25) is 0 Å². The molecule has 1 heterocycles. The van der Waals surface area contributed by atoms with Gasteiger partial charge in [0, 0.05) is 28.9 Å². The first-order chi connectivity index (χ1) is 12.2. The normalized spacial score (nSPS) is 13.6. The van der Waals surface area contributed by atoms with E-state index in [2.05, 4.69) is 29.7 Å². The monoisotopic (exact) mass is 331 g/mol. The lowest BCUT2D eigenvalue weighted by molar-refractivity contribution is 0.0972. The molecule has 4 rings (SSSR count). The van der Waals surface area contributed by atoms with Crippen LogP contribution in [0.1, 0.15) is 34.6 Å². The van der Waals surface area contributed by atoms with Crippen LogP contribution in [0.25, 0.3) is 16.8 Å². The molecule has 0 radical (unpaired) electrons. The molecule has 0 aliphatic heterocycles. The molecule has 2 aromatic carbocycles. The zero-order valence-electron chi connectivity index (χ0n) is 14.6. The topological polar surface area (TPSA) is 31.2 Å². The number of benzene rings is 2. The van der Waals surface area contributed by atoms with Crippen molar-refractivity contribution in [2.45, 2.75) is 26.2 Å². The van der Waals surface area contributed by atoms with Gasteiger partial charge in [0.1, 0.15) is 5.75 Å². The van der Waals surface area contributed by atoms with Gasteiger partial charge in [0.05, 0.1) is 12.8 Å². The summed E-state index contributed by atoms with van der Waals surface area (Å²) in [4.78, 5) is 12.8. The number of ketones is 1. The molecule has 3 heteroatoms. The summed E-state index contributed by atoms with van der Waals surface area (Å²) >= 11 is 0. The maximum Gasteiger partial charge on any atom is 0.165 e. The fraction of sp³-hybridized carbons (Fsp3) is 0.227. The second-order valence-corrected chi connectivity index (χ2v) is 6.43. The van der Waals surface area contributed by atoms with Crippen molar-refractivity contribution in [1.82, 2.24) is 4.57 Å². The van der Waals surface area contributed by atoms with Gasteiger partial charge in [-0.3, -0.25) is 4.79 Å². The molecule has 3 aromatic rings. The molecule has 0 bridgehead atoms. The molecule has 0 unspecified atom stereocenters. The quantitative estimate of drug-likeness (QED) is 0.678. The minimum Gasteiger partial charge on any atom is -0.495 e. The van der Waals surface area contributed by atoms with Gasteiger partial charge in [-0.2, -0.15) is 0 Å². The van der Waals surface area contributed by atoms with Crippen molar-refractivity contribution in [1.29, 1.82) is 0 Å². The van der Waals surface area contributed by atoms with Gasteiger partial charge in [-0.25, -0.2) is 0 Å². The Labute approximate surface area is 147 Å². The maximum absolute atomic E-state index is 12.8. The number of aromatic nitrogens is 1. The van der Waals surface area contributed by atoms with Crippen LogP contribution in [0.2, 0.25) is 0 Å². The van der Waals surface area contributed by atoms with Gasteiger partial charge in [-0.15, -0.1) is 0 Å². The predicted octanol–water partition coefficient (Wildman–Crippen LogP) is 4.98. The number of carbonyl (C=O) groups excluding carboxylic acids is 1. The highest BCUT2D eigenvalue weighted by atomic mass is 16.5. The van der Waals surface area contributed by atoms with Gasteiger partial charge in [-0.1, -0.05) is 42.5 Å². The molecule has 1 aromatic heterocycles. The van der Waals surface area contributed by atoms with Gasteiger partial charge in [0.15, 0.2) is 5.78 Å². The SMILES string of the molecule is COc1ccccc1-n1c(C)c(-c2ccccc2)c2c1CCCC2=O. The van der Waals surface area contributed by atoms with Crippen molar-refractivity contribution >= 4 is 5.78 Å². The van der Waals surface area contributed by atoms with Crippen molar-refractivity contribution < 1.29 is 9.53 Å². The zero-order chi connectivity index (χ0) is 17.4. The summed E-state index contributed by atoms with van der Waals surface area (Å²) in [6.45, 7) is 2.10. The van der Waals surface area contributed by atoms with Crippen LogP contribution in [0.5, 0.6) is 5.75 Å². The number of fused-ring (bicyclic) bond motifs is 1. The van der Waals surface area contributed by atoms with E-state index in [1.807, 2.05) is 36.4 Å². The van der Waals surface area contributed by atoms with Crippen LogP contribution in [0.15, 0.2) is 54.6 Å². The molecule has 1 aliphatic carbocycles. The standard InChI is InChI=1S/C22H21NO2/c1-15-21(16-9-4-3-5-10-16)22-18(12-8-13-19(22)24)23(15)17-11-6-7-14-20(17)25-2/h3-7,9-11,14H,8,12-13H2,1-2H3. The number of hydrogen-bond donors (Lipinski definition) is 0. The van der Waals surface area contributed by atoms with Crippen molar-refractivity contribution in [3.63, 3.8) is 0 Å². The Morgan fingerprint density at radius 3 is 2.40 bits per heavy atom. The average Bonchev–Trinajstić information content (AvgIpc) is 2.95. The summed E-state index contributed by atoms with van der Waals surface area (Å²) < 4.78 is 7.80. The Hall–Kier alpha value is -2.81. The van der Waals surface area contributed by atoms with Crippen LogP contribution in [0.3, 0.4) is 0 Å². The molecule has 1 aliphatic rings. The summed E-state index contributed by atoms with van der Waals surface area (Å²) in [6.07, 6.45) is 2.44. The second-order valence-electron chi connectivity index (χ2n) is 6.43. The highest BCUT2D eigenvalue weighted by Gasteiger charge is 2.29. The van der Waals surface area contributed by atoms with Crippen LogP contribution >= 0.6 is 0 Å². The molecule has 25 heavy (non-hydrogen) atoms. The van der Waals surface area contributed by atoms with E-state index in [9.17, 15) is 4.79 Å². The first-order valence-electron chi connectivity index (χ1n) is 8.68. The minimum absolute atomic E-state index is 0.247. The van der Waals surface area contributed by atoms with E-state index in [1.54, 1.807) is 7.11 Å². The first-order valence-corrected chi connectivity index (χ1v) is 8.68. The zero-order valence-corrected chi connectivity index (χ0v) is 14.6. The predicted molar refractivity (Wildman–Crippen MR) is 99.8 cm³/mol.